The summed E-state index contributed by atoms with van der Waals surface area (Å²) in [5, 5.41) is 7.09. The average molecular weight is 747 g/mol. The van der Waals surface area contributed by atoms with Gasteiger partial charge in [0.2, 0.25) is 0 Å². The van der Waals surface area contributed by atoms with Crippen LogP contribution in [0, 0.1) is 0 Å². The van der Waals surface area contributed by atoms with Gasteiger partial charge in [-0.15, -0.1) is 11.3 Å². The topological polar surface area (TPSA) is 56.7 Å². The maximum absolute atomic E-state index is 6.52. The molecule has 5 nitrogen and oxygen atoms in total. The predicted octanol–water partition coefficient (Wildman–Crippen LogP) is 13.9. The number of fused-ring (bicyclic) bond motifs is 9. The van der Waals surface area contributed by atoms with Crippen LogP contribution in [-0.4, -0.2) is 19.5 Å². The molecule has 0 unspecified atom stereocenters. The molecule has 12 aromatic rings. The van der Waals surface area contributed by atoms with Gasteiger partial charge >= 0.3 is 0 Å². The van der Waals surface area contributed by atoms with Crippen molar-refractivity contribution in [2.45, 2.75) is 0 Å². The third kappa shape index (κ3) is 5.04. The van der Waals surface area contributed by atoms with E-state index in [1.165, 1.54) is 37.3 Å². The molecule has 57 heavy (non-hydrogen) atoms. The highest BCUT2D eigenvalue weighted by molar-refractivity contribution is 7.26. The lowest BCUT2D eigenvalue weighted by molar-refractivity contribution is 0.669. The van der Waals surface area contributed by atoms with Gasteiger partial charge in [0.25, 0.3) is 0 Å². The summed E-state index contributed by atoms with van der Waals surface area (Å²) >= 11 is 1.78. The summed E-state index contributed by atoms with van der Waals surface area (Å²) in [6.07, 6.45) is 0. The van der Waals surface area contributed by atoms with Crippen LogP contribution in [0.4, 0.5) is 0 Å². The molecule has 4 heterocycles. The Morgan fingerprint density at radius 2 is 1.02 bits per heavy atom. The third-order valence-electron chi connectivity index (χ3n) is 11.1. The Bertz CT molecular complexity index is 3420. The number of hydrogen-bond donors (Lipinski definition) is 0. The Balaban J connectivity index is 1.02. The molecule has 0 aliphatic heterocycles. The molecular formula is C51H30N4OS. The summed E-state index contributed by atoms with van der Waals surface area (Å²) in [6, 6.07) is 63.8. The van der Waals surface area contributed by atoms with Gasteiger partial charge < -0.3 is 8.98 Å². The monoisotopic (exact) mass is 746 g/mol. The second kappa shape index (κ2) is 12.6. The molecule has 0 fully saturated rings. The second-order valence-electron chi connectivity index (χ2n) is 14.4. The molecule has 266 valence electrons. The summed E-state index contributed by atoms with van der Waals surface area (Å²) in [6.45, 7) is 0. The zero-order valence-corrected chi connectivity index (χ0v) is 31.2. The van der Waals surface area contributed by atoms with Crippen LogP contribution in [-0.2, 0) is 0 Å². The minimum atomic E-state index is 0.654. The van der Waals surface area contributed by atoms with Gasteiger partial charge in [0.1, 0.15) is 11.2 Å². The molecule has 0 N–H and O–H groups in total. The number of aromatic nitrogens is 4. The number of hydrogen-bond acceptors (Lipinski definition) is 5. The van der Waals surface area contributed by atoms with Crippen molar-refractivity contribution < 1.29 is 4.42 Å². The first-order valence-corrected chi connectivity index (χ1v) is 19.8. The first-order valence-electron chi connectivity index (χ1n) is 19.0. The van der Waals surface area contributed by atoms with Gasteiger partial charge in [-0.25, -0.2) is 15.0 Å². The lowest BCUT2D eigenvalue weighted by Crippen LogP contribution is -2.00. The summed E-state index contributed by atoms with van der Waals surface area (Å²) in [4.78, 5) is 15.1. The van der Waals surface area contributed by atoms with Crippen LogP contribution in [0.2, 0.25) is 0 Å². The van der Waals surface area contributed by atoms with Crippen molar-refractivity contribution in [3.63, 3.8) is 0 Å². The van der Waals surface area contributed by atoms with Crippen LogP contribution < -0.4 is 0 Å². The van der Waals surface area contributed by atoms with Gasteiger partial charge in [0.15, 0.2) is 17.5 Å². The highest BCUT2D eigenvalue weighted by Gasteiger charge is 2.19. The number of para-hydroxylation sites is 2. The molecule has 6 heteroatoms. The van der Waals surface area contributed by atoms with E-state index in [9.17, 15) is 0 Å². The fourth-order valence-electron chi connectivity index (χ4n) is 8.47. The maximum atomic E-state index is 6.52. The van der Waals surface area contributed by atoms with E-state index in [1.54, 1.807) is 11.3 Å². The van der Waals surface area contributed by atoms with Crippen molar-refractivity contribution in [1.29, 1.82) is 0 Å². The van der Waals surface area contributed by atoms with E-state index in [2.05, 4.69) is 126 Å². The quantitative estimate of drug-likeness (QED) is 0.176. The standard InChI is InChI=1S/C51H30N4OS/c1-3-13-31(14-4-1)49-52-50(32-15-5-2-6-16-32)54-51(53-49)40-21-11-20-39-38-27-25-33(29-46(38)57-48(39)40)35-19-12-24-45-47(35)41-30-34(26-28-44(41)56-45)55-42-22-9-7-17-36(42)37-18-8-10-23-43(37)55/h1-30H. The number of rotatable bonds is 5. The smallest absolute Gasteiger partial charge is 0.165 e. The fourth-order valence-corrected chi connectivity index (χ4v) is 9.72. The molecule has 4 aromatic heterocycles. The van der Waals surface area contributed by atoms with Crippen LogP contribution in [0.15, 0.2) is 186 Å². The van der Waals surface area contributed by atoms with Crippen LogP contribution in [0.3, 0.4) is 0 Å². The number of furan rings is 1. The molecule has 0 amide bonds. The molecule has 0 aliphatic rings. The number of benzene rings is 8. The van der Waals surface area contributed by atoms with Crippen molar-refractivity contribution in [1.82, 2.24) is 19.5 Å². The lowest BCUT2D eigenvalue weighted by Gasteiger charge is -2.09. The molecule has 0 atom stereocenters. The molecule has 0 radical (unpaired) electrons. The Morgan fingerprint density at radius 1 is 0.404 bits per heavy atom. The molecule has 0 saturated carbocycles. The first-order chi connectivity index (χ1) is 28.2. The Kier molecular flexibility index (Phi) is 7.03. The van der Waals surface area contributed by atoms with E-state index >= 15 is 0 Å². The zero-order chi connectivity index (χ0) is 37.5. The summed E-state index contributed by atoms with van der Waals surface area (Å²) < 4.78 is 11.2. The molecule has 8 aromatic carbocycles. The second-order valence-corrected chi connectivity index (χ2v) is 15.4. The summed E-state index contributed by atoms with van der Waals surface area (Å²) in [7, 11) is 0. The van der Waals surface area contributed by atoms with E-state index in [-0.39, 0.29) is 0 Å². The summed E-state index contributed by atoms with van der Waals surface area (Å²) in [5.41, 5.74) is 10.4. The van der Waals surface area contributed by atoms with E-state index in [0.29, 0.717) is 17.5 Å². The molecule has 0 aliphatic carbocycles. The van der Waals surface area contributed by atoms with Crippen molar-refractivity contribution >= 4 is 75.3 Å². The van der Waals surface area contributed by atoms with Crippen LogP contribution >= 0.6 is 11.3 Å². The van der Waals surface area contributed by atoms with Crippen LogP contribution in [0.5, 0.6) is 0 Å². The highest BCUT2D eigenvalue weighted by Crippen LogP contribution is 2.44. The Hall–Kier alpha value is -7.41. The minimum absolute atomic E-state index is 0.654. The van der Waals surface area contributed by atoms with E-state index < -0.39 is 0 Å². The van der Waals surface area contributed by atoms with Gasteiger partial charge in [0.05, 0.1) is 11.0 Å². The van der Waals surface area contributed by atoms with Crippen LogP contribution in [0.1, 0.15) is 0 Å². The minimum Gasteiger partial charge on any atom is -0.456 e. The predicted molar refractivity (Wildman–Crippen MR) is 236 cm³/mol. The Labute approximate surface area is 330 Å². The number of nitrogens with zero attached hydrogens (tertiary/aromatic N) is 4. The van der Waals surface area contributed by atoms with Gasteiger partial charge in [-0.2, -0.15) is 0 Å². The molecule has 0 spiro atoms. The van der Waals surface area contributed by atoms with Crippen LogP contribution in [0.25, 0.3) is 115 Å². The van der Waals surface area contributed by atoms with E-state index in [4.69, 9.17) is 19.4 Å². The largest absolute Gasteiger partial charge is 0.456 e. The molecule has 0 saturated heterocycles. The van der Waals surface area contributed by atoms with Crippen molar-refractivity contribution in [2.24, 2.45) is 0 Å². The fraction of sp³-hybridized carbons (Fsp3) is 0. The van der Waals surface area contributed by atoms with Crippen molar-refractivity contribution in [2.75, 3.05) is 0 Å². The first kappa shape index (κ1) is 31.9. The maximum Gasteiger partial charge on any atom is 0.165 e. The summed E-state index contributed by atoms with van der Waals surface area (Å²) in [5.74, 6) is 1.97. The molecule has 12 rings (SSSR count). The third-order valence-corrected chi connectivity index (χ3v) is 12.3. The lowest BCUT2D eigenvalue weighted by atomic mass is 9.98. The van der Waals surface area contributed by atoms with Crippen molar-refractivity contribution in [3.8, 4) is 51.0 Å². The highest BCUT2D eigenvalue weighted by atomic mass is 32.1. The van der Waals surface area contributed by atoms with Gasteiger partial charge in [-0.3, -0.25) is 0 Å². The van der Waals surface area contributed by atoms with E-state index in [1.807, 2.05) is 60.7 Å². The Morgan fingerprint density at radius 3 is 1.74 bits per heavy atom. The van der Waals surface area contributed by atoms with Gasteiger partial charge in [0, 0.05) is 64.1 Å². The average Bonchev–Trinajstić information content (AvgIpc) is 3.96. The van der Waals surface area contributed by atoms with Gasteiger partial charge in [-0.1, -0.05) is 133 Å². The van der Waals surface area contributed by atoms with Gasteiger partial charge in [-0.05, 0) is 59.7 Å². The molecule has 0 bridgehead atoms. The zero-order valence-electron chi connectivity index (χ0n) is 30.4. The van der Waals surface area contributed by atoms with Crippen molar-refractivity contribution in [3.05, 3.63) is 182 Å². The van der Waals surface area contributed by atoms with E-state index in [0.717, 1.165) is 60.1 Å². The normalized spacial score (nSPS) is 11.9. The molecular weight excluding hydrogens is 717 g/mol. The number of thiophene rings is 1. The SMILES string of the molecule is c1ccc(-c2nc(-c3ccccc3)nc(-c3cccc4c3sc3cc(-c5cccc6oc7ccc(-n8c9ccccc9c9ccccc98)cc7c56)ccc34)n2)cc1.